The zero-order valence-corrected chi connectivity index (χ0v) is 10.7. The van der Waals surface area contributed by atoms with E-state index in [1.54, 1.807) is 0 Å². The molecule has 0 aliphatic carbocycles. The summed E-state index contributed by atoms with van der Waals surface area (Å²) in [6.45, 7) is 0. The summed E-state index contributed by atoms with van der Waals surface area (Å²) in [5.74, 6) is 5.78. The van der Waals surface area contributed by atoms with Crippen LogP contribution in [0.2, 0.25) is 0 Å². The van der Waals surface area contributed by atoms with Gasteiger partial charge in [0.2, 0.25) is 0 Å². The van der Waals surface area contributed by atoms with Gasteiger partial charge >= 0.3 is 0 Å². The fraction of sp³-hybridized carbons (Fsp3) is 0.0667. The largest absolute Gasteiger partial charge is 0.376 e. The summed E-state index contributed by atoms with van der Waals surface area (Å²) in [6.07, 6.45) is -0.772. The number of aliphatic hydroxyl groups excluding tert-OH is 1. The summed E-state index contributed by atoms with van der Waals surface area (Å²) >= 11 is 3.40. The Kier molecular flexibility index (Phi) is 3.98. The molecule has 0 aromatic heterocycles. The second kappa shape index (κ2) is 5.67. The van der Waals surface area contributed by atoms with Crippen LogP contribution in [-0.4, -0.2) is 5.11 Å². The Hall–Kier alpha value is -1.56. The van der Waals surface area contributed by atoms with Crippen molar-refractivity contribution in [2.75, 3.05) is 0 Å². The van der Waals surface area contributed by atoms with Crippen LogP contribution in [0.25, 0.3) is 0 Å². The van der Waals surface area contributed by atoms with E-state index >= 15 is 0 Å². The number of rotatable bonds is 1. The molecular weight excluding hydrogens is 276 g/mol. The van der Waals surface area contributed by atoms with Gasteiger partial charge in [-0.25, -0.2) is 0 Å². The lowest BCUT2D eigenvalue weighted by molar-refractivity contribution is 0.237. The molecule has 2 rings (SSSR count). The molecule has 0 fully saturated rings. The van der Waals surface area contributed by atoms with Gasteiger partial charge in [0, 0.05) is 15.6 Å². The molecular formula is C15H11BrO. The maximum Gasteiger partial charge on any atom is 0.141 e. The van der Waals surface area contributed by atoms with Crippen molar-refractivity contribution >= 4 is 15.9 Å². The van der Waals surface area contributed by atoms with Crippen molar-refractivity contribution in [3.05, 3.63) is 70.2 Å². The molecule has 0 saturated heterocycles. The van der Waals surface area contributed by atoms with E-state index in [4.69, 9.17) is 0 Å². The monoisotopic (exact) mass is 286 g/mol. The summed E-state index contributed by atoms with van der Waals surface area (Å²) in [7, 11) is 0. The van der Waals surface area contributed by atoms with Gasteiger partial charge in [-0.3, -0.25) is 0 Å². The Morgan fingerprint density at radius 2 is 1.59 bits per heavy atom. The van der Waals surface area contributed by atoms with E-state index in [1.807, 2.05) is 54.6 Å². The molecule has 0 amide bonds. The molecule has 17 heavy (non-hydrogen) atoms. The average molecular weight is 287 g/mol. The van der Waals surface area contributed by atoms with Gasteiger partial charge in [-0.1, -0.05) is 64.2 Å². The van der Waals surface area contributed by atoms with Gasteiger partial charge in [0.1, 0.15) is 6.10 Å². The maximum atomic E-state index is 9.96. The second-order valence-electron chi connectivity index (χ2n) is 3.56. The third kappa shape index (κ3) is 3.20. The standard InChI is InChI=1S/C15H11BrO/c16-14-9-5-4-8-13(14)15(17)11-10-12-6-2-1-3-7-12/h1-9,15,17H. The molecule has 0 bridgehead atoms. The van der Waals surface area contributed by atoms with Crippen LogP contribution in [0.5, 0.6) is 0 Å². The highest BCUT2D eigenvalue weighted by molar-refractivity contribution is 9.10. The van der Waals surface area contributed by atoms with Crippen LogP contribution in [0.15, 0.2) is 59.1 Å². The molecule has 0 saturated carbocycles. The quantitative estimate of drug-likeness (QED) is 0.795. The fourth-order valence-corrected chi connectivity index (χ4v) is 1.95. The Morgan fingerprint density at radius 1 is 0.941 bits per heavy atom. The lowest BCUT2D eigenvalue weighted by Crippen LogP contribution is -1.94. The highest BCUT2D eigenvalue weighted by Crippen LogP contribution is 2.22. The summed E-state index contributed by atoms with van der Waals surface area (Å²) in [5, 5.41) is 9.96. The summed E-state index contributed by atoms with van der Waals surface area (Å²) in [4.78, 5) is 0. The van der Waals surface area contributed by atoms with Crippen LogP contribution in [0, 0.1) is 11.8 Å². The lowest BCUT2D eigenvalue weighted by Gasteiger charge is -2.05. The van der Waals surface area contributed by atoms with Gasteiger partial charge in [0.15, 0.2) is 0 Å². The summed E-state index contributed by atoms with van der Waals surface area (Å²) in [5.41, 5.74) is 1.69. The first-order valence-corrected chi connectivity index (χ1v) is 6.06. The number of halogens is 1. The highest BCUT2D eigenvalue weighted by Gasteiger charge is 2.06. The van der Waals surface area contributed by atoms with Crippen molar-refractivity contribution in [3.8, 4) is 11.8 Å². The Labute approximate surface area is 109 Å². The molecule has 1 nitrogen and oxygen atoms in total. The number of benzene rings is 2. The zero-order valence-electron chi connectivity index (χ0n) is 9.10. The fourth-order valence-electron chi connectivity index (χ4n) is 1.45. The van der Waals surface area contributed by atoms with Crippen molar-refractivity contribution in [1.82, 2.24) is 0 Å². The minimum Gasteiger partial charge on any atom is -0.376 e. The van der Waals surface area contributed by atoms with E-state index in [-0.39, 0.29) is 0 Å². The molecule has 0 radical (unpaired) electrons. The van der Waals surface area contributed by atoms with E-state index in [2.05, 4.69) is 27.8 Å². The van der Waals surface area contributed by atoms with Gasteiger partial charge in [-0.2, -0.15) is 0 Å². The normalized spacial score (nSPS) is 11.4. The second-order valence-corrected chi connectivity index (χ2v) is 4.41. The molecule has 0 aliphatic heterocycles. The zero-order chi connectivity index (χ0) is 12.1. The topological polar surface area (TPSA) is 20.2 Å². The molecule has 1 atom stereocenters. The highest BCUT2D eigenvalue weighted by atomic mass is 79.9. The number of hydrogen-bond donors (Lipinski definition) is 1. The van der Waals surface area contributed by atoms with Crippen molar-refractivity contribution in [1.29, 1.82) is 0 Å². The van der Waals surface area contributed by atoms with E-state index in [0.29, 0.717) is 0 Å². The minimum absolute atomic E-state index is 0.772. The van der Waals surface area contributed by atoms with Crippen LogP contribution in [0.3, 0.4) is 0 Å². The maximum absolute atomic E-state index is 9.96. The van der Waals surface area contributed by atoms with Gasteiger partial charge in [-0.15, -0.1) is 0 Å². The SMILES string of the molecule is OC(C#Cc1ccccc1)c1ccccc1Br. The molecule has 2 aromatic rings. The van der Waals surface area contributed by atoms with Crippen LogP contribution < -0.4 is 0 Å². The van der Waals surface area contributed by atoms with E-state index < -0.39 is 6.10 Å². The van der Waals surface area contributed by atoms with Gasteiger partial charge in [-0.05, 0) is 18.2 Å². The summed E-state index contributed by atoms with van der Waals surface area (Å²) in [6, 6.07) is 17.2. The van der Waals surface area contributed by atoms with Crippen molar-refractivity contribution < 1.29 is 5.11 Å². The first kappa shape index (κ1) is 11.9. The Morgan fingerprint density at radius 3 is 2.29 bits per heavy atom. The van der Waals surface area contributed by atoms with Gasteiger partial charge in [0.05, 0.1) is 0 Å². The first-order chi connectivity index (χ1) is 8.27. The number of hydrogen-bond acceptors (Lipinski definition) is 1. The number of aliphatic hydroxyl groups is 1. The van der Waals surface area contributed by atoms with Crippen LogP contribution in [-0.2, 0) is 0 Å². The van der Waals surface area contributed by atoms with E-state index in [0.717, 1.165) is 15.6 Å². The van der Waals surface area contributed by atoms with Gasteiger partial charge < -0.3 is 5.11 Å². The third-order valence-electron chi connectivity index (χ3n) is 2.33. The molecule has 2 aromatic carbocycles. The minimum atomic E-state index is -0.772. The van der Waals surface area contributed by atoms with Crippen molar-refractivity contribution in [3.63, 3.8) is 0 Å². The van der Waals surface area contributed by atoms with E-state index in [9.17, 15) is 5.11 Å². The molecule has 0 aliphatic rings. The molecule has 1 N–H and O–H groups in total. The van der Waals surface area contributed by atoms with Crippen molar-refractivity contribution in [2.24, 2.45) is 0 Å². The average Bonchev–Trinajstić information content (AvgIpc) is 2.38. The third-order valence-corrected chi connectivity index (χ3v) is 3.05. The summed E-state index contributed by atoms with van der Waals surface area (Å²) < 4.78 is 0.870. The predicted molar refractivity (Wildman–Crippen MR) is 72.4 cm³/mol. The molecule has 1 unspecified atom stereocenters. The van der Waals surface area contributed by atoms with Crippen LogP contribution in [0.4, 0.5) is 0 Å². The molecule has 0 heterocycles. The Balaban J connectivity index is 2.21. The van der Waals surface area contributed by atoms with Crippen LogP contribution >= 0.6 is 15.9 Å². The lowest BCUT2D eigenvalue weighted by atomic mass is 10.1. The molecule has 0 spiro atoms. The van der Waals surface area contributed by atoms with E-state index in [1.165, 1.54) is 0 Å². The first-order valence-electron chi connectivity index (χ1n) is 5.26. The van der Waals surface area contributed by atoms with Crippen molar-refractivity contribution in [2.45, 2.75) is 6.10 Å². The molecule has 84 valence electrons. The molecule has 2 heteroatoms. The van der Waals surface area contributed by atoms with Crippen LogP contribution in [0.1, 0.15) is 17.2 Å². The predicted octanol–water partition coefficient (Wildman–Crippen LogP) is 3.53. The smallest absolute Gasteiger partial charge is 0.141 e. The Bertz CT molecular complexity index is 552. The van der Waals surface area contributed by atoms with Gasteiger partial charge in [0.25, 0.3) is 0 Å².